The average molecular weight is 539 g/mol. The Morgan fingerprint density at radius 3 is 2.36 bits per heavy atom. The van der Waals surface area contributed by atoms with Crippen LogP contribution in [0.4, 0.5) is 11.4 Å². The molecule has 3 N–H and O–H groups in total. The fourth-order valence-corrected chi connectivity index (χ4v) is 5.29. The monoisotopic (exact) mass is 538 g/mol. The molecule has 1 unspecified atom stereocenters. The number of nitrogens with zero attached hydrogens (tertiary/aromatic N) is 1. The van der Waals surface area contributed by atoms with E-state index in [1.165, 1.54) is 17.3 Å². The van der Waals surface area contributed by atoms with Crippen LogP contribution in [0.15, 0.2) is 101 Å². The maximum atomic E-state index is 13.6. The van der Waals surface area contributed by atoms with Crippen molar-refractivity contribution in [2.45, 2.75) is 26.2 Å². The van der Waals surface area contributed by atoms with Gasteiger partial charge in [0.15, 0.2) is 0 Å². The third-order valence-corrected chi connectivity index (χ3v) is 7.39. The third kappa shape index (κ3) is 6.51. The lowest BCUT2D eigenvalue weighted by Crippen LogP contribution is -2.31. The number of ether oxygens (including phenoxy) is 1. The van der Waals surface area contributed by atoms with Crippen LogP contribution in [0, 0.1) is 11.3 Å². The van der Waals surface area contributed by atoms with Crippen molar-refractivity contribution in [3.8, 4) is 11.8 Å². The second kappa shape index (κ2) is 12.9. The Bertz CT molecular complexity index is 1460. The number of hydrogen-bond donors (Lipinski definition) is 3. The second-order valence-electron chi connectivity index (χ2n) is 8.90. The van der Waals surface area contributed by atoms with Crippen molar-refractivity contribution in [3.05, 3.63) is 112 Å². The van der Waals surface area contributed by atoms with E-state index in [0.717, 1.165) is 17.7 Å². The Morgan fingerprint density at radius 1 is 1.00 bits per heavy atom. The van der Waals surface area contributed by atoms with Crippen LogP contribution < -0.4 is 20.7 Å². The highest BCUT2D eigenvalue weighted by Crippen LogP contribution is 2.41. The molecule has 0 radical (unpaired) electrons. The number of amides is 2. The fraction of sp³-hybridized carbons (Fsp3) is 0.194. The van der Waals surface area contributed by atoms with Gasteiger partial charge in [0.2, 0.25) is 5.91 Å². The number of allylic oxidation sites excluding steroid dienone is 2. The van der Waals surface area contributed by atoms with E-state index in [1.807, 2.05) is 66.7 Å². The number of nitriles is 1. The minimum atomic E-state index is -0.612. The van der Waals surface area contributed by atoms with Crippen LogP contribution in [0.25, 0.3) is 0 Å². The molecule has 1 atom stereocenters. The summed E-state index contributed by atoms with van der Waals surface area (Å²) in [4.78, 5) is 26.4. The Hall–Kier alpha value is -4.48. The molecule has 1 aliphatic heterocycles. The van der Waals surface area contributed by atoms with Gasteiger partial charge in [0.25, 0.3) is 5.91 Å². The zero-order valence-corrected chi connectivity index (χ0v) is 22.9. The molecule has 0 aromatic heterocycles. The van der Waals surface area contributed by atoms with Crippen molar-refractivity contribution in [2.75, 3.05) is 23.5 Å². The number of rotatable bonds is 9. The number of hydrogen-bond acceptors (Lipinski definition) is 6. The molecule has 1 aliphatic rings. The molecule has 0 spiro atoms. The zero-order chi connectivity index (χ0) is 27.8. The Balaban J connectivity index is 1.60. The molecule has 8 heteroatoms. The van der Waals surface area contributed by atoms with Crippen molar-refractivity contribution in [3.63, 3.8) is 0 Å². The number of aryl methyl sites for hydroxylation is 1. The van der Waals surface area contributed by atoms with Crippen molar-refractivity contribution >= 4 is 35.0 Å². The number of carbonyl (C=O) groups excluding carboxylic acids is 2. The summed E-state index contributed by atoms with van der Waals surface area (Å²) in [6.45, 7) is 3.88. The summed E-state index contributed by atoms with van der Waals surface area (Å²) in [5.41, 5.74) is 4.65. The van der Waals surface area contributed by atoms with Crippen molar-refractivity contribution in [2.24, 2.45) is 0 Å². The molecule has 39 heavy (non-hydrogen) atoms. The van der Waals surface area contributed by atoms with Gasteiger partial charge < -0.3 is 20.7 Å². The van der Waals surface area contributed by atoms with E-state index in [1.54, 1.807) is 26.2 Å². The molecule has 198 valence electrons. The first-order valence-electron chi connectivity index (χ1n) is 12.6. The largest absolute Gasteiger partial charge is 0.495 e. The fourth-order valence-electron chi connectivity index (χ4n) is 4.40. The lowest BCUT2D eigenvalue weighted by atomic mass is 9.82. The Morgan fingerprint density at radius 2 is 1.69 bits per heavy atom. The van der Waals surface area contributed by atoms with Crippen molar-refractivity contribution in [1.82, 2.24) is 5.32 Å². The third-order valence-electron chi connectivity index (χ3n) is 6.37. The summed E-state index contributed by atoms with van der Waals surface area (Å²) in [5, 5.41) is 19.9. The van der Waals surface area contributed by atoms with E-state index in [2.05, 4.69) is 28.9 Å². The van der Waals surface area contributed by atoms with Gasteiger partial charge in [-0.15, -0.1) is 0 Å². The standard InChI is InChI=1S/C31H30N4O3S/c1-4-21-14-16-23(17-15-21)34-27(36)19-39-31-24(18-32)29(22-10-6-5-7-11-22)28(20(2)33-31)30(37)35-25-12-8-9-13-26(25)38-3/h5-17,29,33H,4,19H2,1-3H3,(H,34,36)(H,35,37). The predicted octanol–water partition coefficient (Wildman–Crippen LogP) is 5.96. The minimum absolute atomic E-state index is 0.0978. The highest BCUT2D eigenvalue weighted by Gasteiger charge is 2.35. The number of methoxy groups -OCH3 is 1. The van der Waals surface area contributed by atoms with Crippen molar-refractivity contribution < 1.29 is 14.3 Å². The van der Waals surface area contributed by atoms with E-state index < -0.39 is 5.92 Å². The molecular weight excluding hydrogens is 508 g/mol. The van der Waals surface area contributed by atoms with E-state index in [-0.39, 0.29) is 17.6 Å². The molecule has 2 amide bonds. The van der Waals surface area contributed by atoms with Gasteiger partial charge in [0.1, 0.15) is 5.75 Å². The van der Waals surface area contributed by atoms with Crippen LogP contribution in [-0.4, -0.2) is 24.7 Å². The molecule has 4 rings (SSSR count). The van der Waals surface area contributed by atoms with Gasteiger partial charge in [-0.3, -0.25) is 9.59 Å². The summed E-state index contributed by atoms with van der Waals surface area (Å²) in [6, 6.07) is 26.6. The van der Waals surface area contributed by atoms with Gasteiger partial charge in [0, 0.05) is 17.0 Å². The molecule has 7 nitrogen and oxygen atoms in total. The highest BCUT2D eigenvalue weighted by molar-refractivity contribution is 8.03. The van der Waals surface area contributed by atoms with Crippen LogP contribution in [0.2, 0.25) is 0 Å². The van der Waals surface area contributed by atoms with Crippen molar-refractivity contribution in [1.29, 1.82) is 5.26 Å². The van der Waals surface area contributed by atoms with Crippen LogP contribution in [0.1, 0.15) is 30.9 Å². The molecule has 0 fully saturated rings. The lowest BCUT2D eigenvalue weighted by Gasteiger charge is -2.30. The topological polar surface area (TPSA) is 103 Å². The quantitative estimate of drug-likeness (QED) is 0.310. The minimum Gasteiger partial charge on any atom is -0.495 e. The Kier molecular flexibility index (Phi) is 9.08. The molecule has 3 aromatic rings. The molecule has 0 aliphatic carbocycles. The van der Waals surface area contributed by atoms with Crippen LogP contribution in [0.3, 0.4) is 0 Å². The van der Waals surface area contributed by atoms with E-state index in [9.17, 15) is 14.9 Å². The number of para-hydroxylation sites is 2. The number of carbonyl (C=O) groups is 2. The van der Waals surface area contributed by atoms with E-state index in [0.29, 0.717) is 33.3 Å². The summed E-state index contributed by atoms with van der Waals surface area (Å²) >= 11 is 1.24. The number of anilines is 2. The van der Waals surface area contributed by atoms with Gasteiger partial charge >= 0.3 is 0 Å². The van der Waals surface area contributed by atoms with Gasteiger partial charge in [-0.1, -0.05) is 73.3 Å². The zero-order valence-electron chi connectivity index (χ0n) is 22.1. The lowest BCUT2D eigenvalue weighted by molar-refractivity contribution is -0.114. The van der Waals surface area contributed by atoms with Crippen LogP contribution in [0.5, 0.6) is 5.75 Å². The van der Waals surface area contributed by atoms with Gasteiger partial charge in [-0.05, 0) is 48.7 Å². The maximum Gasteiger partial charge on any atom is 0.254 e. The molecular formula is C31H30N4O3S. The number of dihydropyridines is 1. The first-order chi connectivity index (χ1) is 18.9. The van der Waals surface area contributed by atoms with Crippen LogP contribution >= 0.6 is 11.8 Å². The predicted molar refractivity (Wildman–Crippen MR) is 156 cm³/mol. The van der Waals surface area contributed by atoms with E-state index in [4.69, 9.17) is 4.74 Å². The summed E-state index contributed by atoms with van der Waals surface area (Å²) in [6.07, 6.45) is 0.926. The first-order valence-corrected chi connectivity index (χ1v) is 13.6. The number of thioether (sulfide) groups is 1. The highest BCUT2D eigenvalue weighted by atomic mass is 32.2. The second-order valence-corrected chi connectivity index (χ2v) is 9.89. The summed E-state index contributed by atoms with van der Waals surface area (Å²) in [7, 11) is 1.54. The average Bonchev–Trinajstić information content (AvgIpc) is 2.96. The van der Waals surface area contributed by atoms with Gasteiger partial charge in [-0.2, -0.15) is 5.26 Å². The van der Waals surface area contributed by atoms with Gasteiger partial charge in [0.05, 0.1) is 41.1 Å². The number of nitrogens with one attached hydrogen (secondary N) is 3. The smallest absolute Gasteiger partial charge is 0.254 e. The normalized spacial score (nSPS) is 14.8. The van der Waals surface area contributed by atoms with Gasteiger partial charge in [-0.25, -0.2) is 0 Å². The SMILES string of the molecule is CCc1ccc(NC(=O)CSC2=C(C#N)C(c3ccccc3)C(C(=O)Nc3ccccc3OC)=C(C)N2)cc1. The molecule has 0 saturated heterocycles. The number of benzene rings is 3. The summed E-state index contributed by atoms with van der Waals surface area (Å²) in [5.74, 6) is -0.511. The molecule has 0 bridgehead atoms. The molecule has 0 saturated carbocycles. The molecule has 3 aromatic carbocycles. The van der Waals surface area contributed by atoms with Crippen LogP contribution in [-0.2, 0) is 16.0 Å². The molecule has 1 heterocycles. The first kappa shape index (κ1) is 27.6. The Labute approximate surface area is 233 Å². The van der Waals surface area contributed by atoms with E-state index >= 15 is 0 Å². The summed E-state index contributed by atoms with van der Waals surface area (Å²) < 4.78 is 5.39. The maximum absolute atomic E-state index is 13.6.